The van der Waals surface area contributed by atoms with Gasteiger partial charge in [-0.2, -0.15) is 8.78 Å². The van der Waals surface area contributed by atoms with Crippen LogP contribution in [-0.2, 0) is 23.1 Å². The van der Waals surface area contributed by atoms with Gasteiger partial charge in [0, 0.05) is 13.1 Å². The van der Waals surface area contributed by atoms with Gasteiger partial charge in [-0.1, -0.05) is 6.07 Å². The Kier molecular flexibility index (Phi) is 4.03. The predicted octanol–water partition coefficient (Wildman–Crippen LogP) is 1.47. The van der Waals surface area contributed by atoms with Gasteiger partial charge in [0.15, 0.2) is 0 Å². The second-order valence-electron chi connectivity index (χ2n) is 4.42. The first-order valence-corrected chi connectivity index (χ1v) is 7.19. The van der Waals surface area contributed by atoms with Gasteiger partial charge >= 0.3 is 12.3 Å². The second kappa shape index (κ2) is 5.30. The smallest absolute Gasteiger partial charge is 0.309 e. The molecule has 0 fully saturated rings. The highest BCUT2D eigenvalue weighted by Crippen LogP contribution is 2.23. The van der Waals surface area contributed by atoms with Crippen LogP contribution in [0.1, 0.15) is 11.1 Å². The van der Waals surface area contributed by atoms with E-state index in [1.807, 2.05) is 0 Å². The van der Waals surface area contributed by atoms with Crippen LogP contribution in [0.15, 0.2) is 23.1 Å². The van der Waals surface area contributed by atoms with Gasteiger partial charge in [-0.15, -0.1) is 0 Å². The Bertz CT molecular complexity index is 604. The van der Waals surface area contributed by atoms with Crippen LogP contribution in [0, 0.1) is 0 Å². The van der Waals surface area contributed by atoms with Gasteiger partial charge in [0.1, 0.15) is 0 Å². The van der Waals surface area contributed by atoms with E-state index in [1.54, 1.807) is 6.07 Å². The lowest BCUT2D eigenvalue weighted by molar-refractivity contribution is -0.122. The Balaban J connectivity index is 2.15. The van der Waals surface area contributed by atoms with Crippen LogP contribution in [0.5, 0.6) is 0 Å². The van der Waals surface area contributed by atoms with Crippen molar-refractivity contribution in [3.05, 3.63) is 29.3 Å². The molecule has 0 bridgehead atoms. The first-order valence-electron chi connectivity index (χ1n) is 5.70. The largest absolute Gasteiger partial charge is 0.320 e. The molecule has 0 radical (unpaired) electrons. The first-order chi connectivity index (χ1) is 9.22. The van der Waals surface area contributed by atoms with Crippen molar-refractivity contribution < 1.29 is 26.0 Å². The van der Waals surface area contributed by atoms with Crippen molar-refractivity contribution in [3.8, 4) is 0 Å². The molecule has 1 aromatic rings. The summed E-state index contributed by atoms with van der Waals surface area (Å²) in [6.45, 7) is -0.555. The van der Waals surface area contributed by atoms with Crippen LogP contribution < -0.4 is 10.0 Å². The molecule has 2 N–H and O–H groups in total. The lowest BCUT2D eigenvalue weighted by Crippen LogP contribution is -2.41. The summed E-state index contributed by atoms with van der Waals surface area (Å²) in [5, 5.41) is 3.00. The van der Waals surface area contributed by atoms with Crippen molar-refractivity contribution in [1.82, 2.24) is 10.0 Å². The molecule has 1 aromatic carbocycles. The Hall–Kier alpha value is -1.19. The molecule has 0 aromatic heterocycles. The minimum Gasteiger partial charge on any atom is -0.309 e. The second-order valence-corrected chi connectivity index (χ2v) is 6.19. The molecular weight excluding hydrogens is 300 g/mol. The van der Waals surface area contributed by atoms with Crippen molar-refractivity contribution in [2.24, 2.45) is 0 Å². The fourth-order valence-electron chi connectivity index (χ4n) is 1.79. The average Bonchev–Trinajstić information content (AvgIpc) is 2.83. The van der Waals surface area contributed by atoms with E-state index in [-0.39, 0.29) is 4.90 Å². The van der Waals surface area contributed by atoms with Gasteiger partial charge in [-0.05, 0) is 23.3 Å². The van der Waals surface area contributed by atoms with E-state index < -0.39 is 28.9 Å². The average molecular weight is 312 g/mol. The van der Waals surface area contributed by atoms with Gasteiger partial charge in [-0.3, -0.25) is 0 Å². The van der Waals surface area contributed by atoms with E-state index in [1.165, 1.54) is 16.9 Å². The lowest BCUT2D eigenvalue weighted by atomic mass is 10.1. The third-order valence-corrected chi connectivity index (χ3v) is 4.33. The number of alkyl halides is 4. The van der Waals surface area contributed by atoms with E-state index in [2.05, 4.69) is 5.32 Å². The Morgan fingerprint density at radius 3 is 2.55 bits per heavy atom. The topological polar surface area (TPSA) is 58.2 Å². The van der Waals surface area contributed by atoms with Crippen molar-refractivity contribution in [1.29, 1.82) is 0 Å². The zero-order valence-electron chi connectivity index (χ0n) is 10.2. The maximum Gasteiger partial charge on any atom is 0.320 e. The molecule has 0 spiro atoms. The third kappa shape index (κ3) is 3.10. The summed E-state index contributed by atoms with van der Waals surface area (Å²) in [6, 6.07) is 4.17. The minimum atomic E-state index is -4.40. The molecule has 0 atom stereocenters. The standard InChI is InChI=1S/C11H12F4N2O2S/c12-10(13)11(14,15)6-17-20(18,19)9-2-1-7-4-16-5-8(7)3-9/h1-3,10,16-17H,4-6H2. The van der Waals surface area contributed by atoms with Crippen LogP contribution in [0.2, 0.25) is 0 Å². The highest BCUT2D eigenvalue weighted by atomic mass is 32.2. The van der Waals surface area contributed by atoms with E-state index >= 15 is 0 Å². The molecule has 0 aliphatic carbocycles. The minimum absolute atomic E-state index is 0.218. The third-order valence-electron chi connectivity index (χ3n) is 2.94. The fraction of sp³-hybridized carbons (Fsp3) is 0.455. The Morgan fingerprint density at radius 1 is 1.25 bits per heavy atom. The maximum atomic E-state index is 12.7. The van der Waals surface area contributed by atoms with Gasteiger partial charge in [0.25, 0.3) is 0 Å². The number of hydrogen-bond acceptors (Lipinski definition) is 3. The molecule has 0 amide bonds. The number of halogens is 4. The number of hydrogen-bond donors (Lipinski definition) is 2. The van der Waals surface area contributed by atoms with Gasteiger partial charge in [-0.25, -0.2) is 21.9 Å². The van der Waals surface area contributed by atoms with Gasteiger partial charge < -0.3 is 5.32 Å². The van der Waals surface area contributed by atoms with E-state index in [9.17, 15) is 26.0 Å². The number of fused-ring (bicyclic) bond motifs is 1. The zero-order chi connectivity index (χ0) is 15.0. The number of benzene rings is 1. The highest BCUT2D eigenvalue weighted by molar-refractivity contribution is 7.89. The summed E-state index contributed by atoms with van der Waals surface area (Å²) in [4.78, 5) is -0.218. The molecule has 9 heteroatoms. The molecule has 112 valence electrons. The van der Waals surface area contributed by atoms with Crippen molar-refractivity contribution in [2.45, 2.75) is 30.3 Å². The molecule has 1 aliphatic rings. The monoisotopic (exact) mass is 312 g/mol. The summed E-state index contributed by atoms with van der Waals surface area (Å²) in [7, 11) is -4.24. The molecule has 0 saturated heterocycles. The van der Waals surface area contributed by atoms with Crippen LogP contribution in [0.3, 0.4) is 0 Å². The SMILES string of the molecule is O=S(=O)(NCC(F)(F)C(F)F)c1ccc2c(c1)CNC2. The van der Waals surface area contributed by atoms with Crippen LogP contribution in [0.25, 0.3) is 0 Å². The zero-order valence-corrected chi connectivity index (χ0v) is 11.0. The molecule has 4 nitrogen and oxygen atoms in total. The van der Waals surface area contributed by atoms with Crippen LogP contribution >= 0.6 is 0 Å². The van der Waals surface area contributed by atoms with E-state index in [0.29, 0.717) is 13.1 Å². The summed E-state index contributed by atoms with van der Waals surface area (Å²) >= 11 is 0. The normalized spacial score (nSPS) is 15.7. The number of sulfonamides is 1. The van der Waals surface area contributed by atoms with Crippen LogP contribution in [0.4, 0.5) is 17.6 Å². The molecule has 0 unspecified atom stereocenters. The number of nitrogens with one attached hydrogen (secondary N) is 2. The molecule has 1 heterocycles. The van der Waals surface area contributed by atoms with Crippen molar-refractivity contribution in [3.63, 3.8) is 0 Å². The molecular formula is C11H12F4N2O2S. The van der Waals surface area contributed by atoms with E-state index in [4.69, 9.17) is 0 Å². The van der Waals surface area contributed by atoms with Crippen molar-refractivity contribution >= 4 is 10.0 Å². The summed E-state index contributed by atoms with van der Waals surface area (Å²) in [6.07, 6.45) is -3.92. The molecule has 1 aliphatic heterocycles. The van der Waals surface area contributed by atoms with Crippen molar-refractivity contribution in [2.75, 3.05) is 6.54 Å². The Morgan fingerprint density at radius 2 is 1.90 bits per heavy atom. The maximum absolute atomic E-state index is 12.7. The summed E-state index contributed by atoms with van der Waals surface area (Å²) < 4.78 is 74.5. The fourth-order valence-corrected chi connectivity index (χ4v) is 2.88. The van der Waals surface area contributed by atoms with Crippen LogP contribution in [-0.4, -0.2) is 27.3 Å². The summed E-state index contributed by atoms with van der Waals surface area (Å²) in [5.41, 5.74) is 1.66. The summed E-state index contributed by atoms with van der Waals surface area (Å²) in [5.74, 6) is -4.40. The first kappa shape index (κ1) is 15.2. The molecule has 20 heavy (non-hydrogen) atoms. The van der Waals surface area contributed by atoms with Gasteiger partial charge in [0.2, 0.25) is 10.0 Å². The Labute approximate surface area is 113 Å². The lowest BCUT2D eigenvalue weighted by Gasteiger charge is -2.16. The highest BCUT2D eigenvalue weighted by Gasteiger charge is 2.41. The van der Waals surface area contributed by atoms with Gasteiger partial charge in [0.05, 0.1) is 11.4 Å². The molecule has 2 rings (SSSR count). The molecule has 0 saturated carbocycles. The number of rotatable bonds is 5. The quantitative estimate of drug-likeness (QED) is 0.810. The van der Waals surface area contributed by atoms with E-state index in [0.717, 1.165) is 11.1 Å². The predicted molar refractivity (Wildman–Crippen MR) is 63.1 cm³/mol.